The molecule has 2 aliphatic rings. The number of likely N-dealkylation sites (tertiary alicyclic amines) is 1. The maximum atomic E-state index is 13.5. The fourth-order valence-corrected chi connectivity index (χ4v) is 6.19. The molecule has 0 unspecified atom stereocenters. The third-order valence-corrected chi connectivity index (χ3v) is 7.58. The van der Waals surface area contributed by atoms with E-state index in [4.69, 9.17) is 0 Å². The van der Waals surface area contributed by atoms with Gasteiger partial charge in [0.15, 0.2) is 4.90 Å². The summed E-state index contributed by atoms with van der Waals surface area (Å²) < 4.78 is 28.3. The van der Waals surface area contributed by atoms with E-state index in [0.29, 0.717) is 12.2 Å². The average Bonchev–Trinajstić information content (AvgIpc) is 2.71. The summed E-state index contributed by atoms with van der Waals surface area (Å²) in [6.45, 7) is 4.38. The molecule has 1 N–H and O–H groups in total. The molecule has 1 saturated heterocycles. The van der Waals surface area contributed by atoms with Gasteiger partial charge in [-0.2, -0.15) is 0 Å². The zero-order valence-corrected chi connectivity index (χ0v) is 16.4. The second-order valence-electron chi connectivity index (χ2n) is 7.15. The van der Waals surface area contributed by atoms with E-state index in [1.54, 1.807) is 18.2 Å². The largest absolute Gasteiger partial charge is 0.395 e. The quantitative estimate of drug-likeness (QED) is 0.440. The van der Waals surface area contributed by atoms with Gasteiger partial charge in [-0.05, 0) is 17.7 Å². The van der Waals surface area contributed by atoms with Crippen LogP contribution in [0.3, 0.4) is 0 Å². The summed E-state index contributed by atoms with van der Waals surface area (Å²) in [6, 6.07) is 12.3. The molecule has 2 aromatic rings. The SMILES string of the molecule is C=CCN1[C@@H](CO)[C@@H]2c3ccccc3N(S(=O)(=O)c3ccccc3[N+](=O)[O-])C[C@@H]21. The minimum absolute atomic E-state index is 0.00615. The molecule has 2 aliphatic heterocycles. The number of hydrogen-bond donors (Lipinski definition) is 1. The van der Waals surface area contributed by atoms with Crippen molar-refractivity contribution in [2.24, 2.45) is 0 Å². The Bertz CT molecular complexity index is 1070. The van der Waals surface area contributed by atoms with Crippen LogP contribution in [0.5, 0.6) is 0 Å². The molecule has 8 nitrogen and oxygen atoms in total. The highest BCUT2D eigenvalue weighted by Crippen LogP contribution is 2.49. The van der Waals surface area contributed by atoms with Crippen molar-refractivity contribution in [3.8, 4) is 0 Å². The van der Waals surface area contributed by atoms with Gasteiger partial charge in [-0.15, -0.1) is 6.58 Å². The van der Waals surface area contributed by atoms with E-state index in [-0.39, 0.29) is 36.0 Å². The molecule has 29 heavy (non-hydrogen) atoms. The number of nitro groups is 1. The predicted octanol–water partition coefficient (Wildman–Crippen LogP) is 2.12. The smallest absolute Gasteiger partial charge is 0.289 e. The highest BCUT2D eigenvalue weighted by atomic mass is 32.2. The molecule has 0 aliphatic carbocycles. The van der Waals surface area contributed by atoms with E-state index >= 15 is 0 Å². The van der Waals surface area contributed by atoms with E-state index in [1.807, 2.05) is 17.0 Å². The van der Waals surface area contributed by atoms with Crippen LogP contribution in [0, 0.1) is 10.1 Å². The molecular weight excluding hydrogens is 394 g/mol. The van der Waals surface area contributed by atoms with Crippen molar-refractivity contribution in [2.45, 2.75) is 22.9 Å². The summed E-state index contributed by atoms with van der Waals surface area (Å²) in [6.07, 6.45) is 1.72. The van der Waals surface area contributed by atoms with Crippen LogP contribution in [-0.4, -0.2) is 55.1 Å². The number of rotatable bonds is 6. The number of benzene rings is 2. The number of aliphatic hydroxyl groups excluding tert-OH is 1. The van der Waals surface area contributed by atoms with E-state index in [0.717, 1.165) is 5.56 Å². The summed E-state index contributed by atoms with van der Waals surface area (Å²) >= 11 is 0. The number of para-hydroxylation sites is 2. The fourth-order valence-electron chi connectivity index (χ4n) is 4.52. The lowest BCUT2D eigenvalue weighted by molar-refractivity contribution is -0.387. The predicted molar refractivity (Wildman–Crippen MR) is 108 cm³/mol. The number of hydrogen-bond acceptors (Lipinski definition) is 6. The first-order valence-electron chi connectivity index (χ1n) is 9.24. The Kier molecular flexibility index (Phi) is 4.89. The fraction of sp³-hybridized carbons (Fsp3) is 0.300. The first-order chi connectivity index (χ1) is 13.9. The lowest BCUT2D eigenvalue weighted by Crippen LogP contribution is -2.69. The van der Waals surface area contributed by atoms with Gasteiger partial charge in [-0.25, -0.2) is 8.42 Å². The Morgan fingerprint density at radius 2 is 1.90 bits per heavy atom. The highest BCUT2D eigenvalue weighted by molar-refractivity contribution is 7.93. The van der Waals surface area contributed by atoms with Gasteiger partial charge in [-0.3, -0.25) is 19.3 Å². The zero-order chi connectivity index (χ0) is 20.8. The summed E-state index contributed by atoms with van der Waals surface area (Å²) in [7, 11) is -4.16. The Morgan fingerprint density at radius 3 is 2.59 bits per heavy atom. The molecule has 9 heteroatoms. The number of fused-ring (bicyclic) bond motifs is 3. The van der Waals surface area contributed by atoms with Crippen molar-refractivity contribution in [1.29, 1.82) is 0 Å². The minimum atomic E-state index is -4.16. The standard InChI is InChI=1S/C20H21N3O5S/c1-2-11-21-17-12-22(15-8-4-3-7-14(15)20(17)18(21)13-24)29(27,28)19-10-6-5-9-16(19)23(25)26/h2-10,17-18,20,24H,1,11-13H2/t17-,18-,20+/m0/s1. The Labute approximate surface area is 168 Å². The molecule has 2 aromatic carbocycles. The van der Waals surface area contributed by atoms with Gasteiger partial charge in [0.2, 0.25) is 0 Å². The Morgan fingerprint density at radius 1 is 1.21 bits per heavy atom. The number of nitrogens with zero attached hydrogens (tertiary/aromatic N) is 3. The summed E-state index contributed by atoms with van der Waals surface area (Å²) in [5.41, 5.74) is 0.880. The summed E-state index contributed by atoms with van der Waals surface area (Å²) in [5.74, 6) is -0.00615. The van der Waals surface area contributed by atoms with Crippen LogP contribution in [0.25, 0.3) is 0 Å². The highest BCUT2D eigenvalue weighted by Gasteiger charge is 2.54. The van der Waals surface area contributed by atoms with Crippen LogP contribution in [-0.2, 0) is 10.0 Å². The third-order valence-electron chi connectivity index (χ3n) is 5.76. The van der Waals surface area contributed by atoms with Crippen LogP contribution in [0.2, 0.25) is 0 Å². The first-order valence-corrected chi connectivity index (χ1v) is 10.7. The molecular formula is C20H21N3O5S. The molecule has 152 valence electrons. The topological polar surface area (TPSA) is 104 Å². The number of sulfonamides is 1. The normalized spacial score (nSPS) is 23.6. The molecule has 0 spiro atoms. The zero-order valence-electron chi connectivity index (χ0n) is 15.6. The van der Waals surface area contributed by atoms with Crippen LogP contribution in [0.15, 0.2) is 66.1 Å². The Hall–Kier alpha value is -2.75. The van der Waals surface area contributed by atoms with E-state index in [9.17, 15) is 23.6 Å². The monoisotopic (exact) mass is 415 g/mol. The first kappa shape index (κ1) is 19.6. The second kappa shape index (κ2) is 7.25. The average molecular weight is 415 g/mol. The van der Waals surface area contributed by atoms with E-state index in [2.05, 4.69) is 6.58 Å². The van der Waals surface area contributed by atoms with Crippen molar-refractivity contribution in [3.05, 3.63) is 76.9 Å². The third kappa shape index (κ3) is 2.93. The Balaban J connectivity index is 1.83. The summed E-state index contributed by atoms with van der Waals surface area (Å²) in [4.78, 5) is 12.4. The number of aliphatic hydroxyl groups is 1. The molecule has 1 fully saturated rings. The minimum Gasteiger partial charge on any atom is -0.395 e. The van der Waals surface area contributed by atoms with Crippen LogP contribution < -0.4 is 4.31 Å². The van der Waals surface area contributed by atoms with E-state index < -0.39 is 20.6 Å². The van der Waals surface area contributed by atoms with Gasteiger partial charge in [0.25, 0.3) is 15.7 Å². The van der Waals surface area contributed by atoms with Gasteiger partial charge in [0, 0.05) is 30.6 Å². The maximum Gasteiger partial charge on any atom is 0.289 e. The molecule has 0 radical (unpaired) electrons. The lowest BCUT2D eigenvalue weighted by Gasteiger charge is -2.58. The molecule has 0 amide bonds. The summed E-state index contributed by atoms with van der Waals surface area (Å²) in [5, 5.41) is 21.3. The van der Waals surface area contributed by atoms with Gasteiger partial charge in [-0.1, -0.05) is 36.4 Å². The molecule has 4 rings (SSSR count). The molecule has 3 atom stereocenters. The van der Waals surface area contributed by atoms with Crippen molar-refractivity contribution < 1.29 is 18.4 Å². The van der Waals surface area contributed by atoms with E-state index in [1.165, 1.54) is 28.6 Å². The van der Waals surface area contributed by atoms with Crippen LogP contribution >= 0.6 is 0 Å². The maximum absolute atomic E-state index is 13.5. The lowest BCUT2D eigenvalue weighted by atomic mass is 9.72. The van der Waals surface area contributed by atoms with Crippen molar-refractivity contribution in [3.63, 3.8) is 0 Å². The molecule has 0 bridgehead atoms. The van der Waals surface area contributed by atoms with Crippen molar-refractivity contribution >= 4 is 21.4 Å². The number of nitro benzene ring substituents is 1. The van der Waals surface area contributed by atoms with Gasteiger partial charge < -0.3 is 5.11 Å². The number of anilines is 1. The van der Waals surface area contributed by atoms with Crippen molar-refractivity contribution in [2.75, 3.05) is 24.0 Å². The van der Waals surface area contributed by atoms with Gasteiger partial charge in [0.1, 0.15) is 0 Å². The van der Waals surface area contributed by atoms with Gasteiger partial charge in [0.05, 0.1) is 23.8 Å². The van der Waals surface area contributed by atoms with Crippen LogP contribution in [0.4, 0.5) is 11.4 Å². The molecule has 0 aromatic heterocycles. The second-order valence-corrected chi connectivity index (χ2v) is 8.98. The van der Waals surface area contributed by atoms with Gasteiger partial charge >= 0.3 is 0 Å². The molecule has 2 heterocycles. The van der Waals surface area contributed by atoms with Crippen LogP contribution in [0.1, 0.15) is 11.5 Å². The van der Waals surface area contributed by atoms with Crippen molar-refractivity contribution in [1.82, 2.24) is 4.90 Å². The molecule has 0 saturated carbocycles.